The van der Waals surface area contributed by atoms with Crippen LogP contribution < -0.4 is 5.32 Å². The van der Waals surface area contributed by atoms with Gasteiger partial charge >= 0.3 is 5.97 Å². The Morgan fingerprint density at radius 3 is 2.81 bits per heavy atom. The molecule has 0 aliphatic heterocycles. The van der Waals surface area contributed by atoms with Gasteiger partial charge < -0.3 is 10.1 Å². The highest BCUT2D eigenvalue weighted by Crippen LogP contribution is 2.31. The van der Waals surface area contributed by atoms with E-state index in [-0.39, 0.29) is 30.8 Å². The van der Waals surface area contributed by atoms with Crippen molar-refractivity contribution in [2.45, 2.75) is 59.0 Å². The van der Waals surface area contributed by atoms with Crippen molar-refractivity contribution >= 4 is 38.6 Å². The fourth-order valence-corrected chi connectivity index (χ4v) is 4.31. The lowest BCUT2D eigenvalue weighted by Gasteiger charge is -2.31. The average molecular weight is 375 g/mol. The van der Waals surface area contributed by atoms with Crippen molar-refractivity contribution in [3.8, 4) is 0 Å². The molecule has 6 heteroatoms. The molecule has 3 atom stereocenters. The van der Waals surface area contributed by atoms with E-state index in [4.69, 9.17) is 4.74 Å². The highest BCUT2D eigenvalue weighted by atomic mass is 32.1. The minimum Gasteiger partial charge on any atom is -0.462 e. The molecule has 1 aliphatic rings. The van der Waals surface area contributed by atoms with Gasteiger partial charge in [0.2, 0.25) is 5.91 Å². The number of hydrogen-bond donors (Lipinski definition) is 1. The van der Waals surface area contributed by atoms with Crippen LogP contribution in [0.2, 0.25) is 0 Å². The van der Waals surface area contributed by atoms with Gasteiger partial charge in [-0.3, -0.25) is 9.59 Å². The lowest BCUT2D eigenvalue weighted by Crippen LogP contribution is -2.29. The highest BCUT2D eigenvalue weighted by molar-refractivity contribution is 7.22. The predicted molar refractivity (Wildman–Crippen MR) is 104 cm³/mol. The largest absolute Gasteiger partial charge is 0.462 e. The van der Waals surface area contributed by atoms with Crippen molar-refractivity contribution in [3.05, 3.63) is 23.8 Å². The molecule has 0 unspecified atom stereocenters. The first kappa shape index (κ1) is 18.8. The summed E-state index contributed by atoms with van der Waals surface area (Å²) in [5.41, 5.74) is 2.03. The van der Waals surface area contributed by atoms with Gasteiger partial charge in [0.25, 0.3) is 0 Å². The minimum atomic E-state index is -0.285. The van der Waals surface area contributed by atoms with Crippen LogP contribution in [-0.2, 0) is 14.3 Å². The Morgan fingerprint density at radius 2 is 2.04 bits per heavy atom. The van der Waals surface area contributed by atoms with Gasteiger partial charge in [-0.1, -0.05) is 31.3 Å². The van der Waals surface area contributed by atoms with Crippen LogP contribution in [0.15, 0.2) is 18.2 Å². The smallest absolute Gasteiger partial charge is 0.306 e. The van der Waals surface area contributed by atoms with E-state index in [1.54, 1.807) is 0 Å². The molecule has 0 radical (unpaired) electrons. The fraction of sp³-hybridized carbons (Fsp3) is 0.550. The number of rotatable bonds is 5. The van der Waals surface area contributed by atoms with E-state index in [9.17, 15) is 9.59 Å². The van der Waals surface area contributed by atoms with Gasteiger partial charge in [0.1, 0.15) is 6.10 Å². The number of carbonyl (C=O) groups is 2. The zero-order valence-corrected chi connectivity index (χ0v) is 16.4. The number of nitrogens with one attached hydrogen (secondary N) is 1. The van der Waals surface area contributed by atoms with Gasteiger partial charge in [0, 0.05) is 6.42 Å². The number of nitrogens with zero attached hydrogens (tertiary/aromatic N) is 1. The summed E-state index contributed by atoms with van der Waals surface area (Å²) in [4.78, 5) is 28.5. The number of fused-ring (bicyclic) bond motifs is 1. The first-order valence-corrected chi connectivity index (χ1v) is 10.1. The summed E-state index contributed by atoms with van der Waals surface area (Å²) in [6.45, 7) is 6.48. The Bertz CT molecular complexity index is 801. The van der Waals surface area contributed by atoms with Crippen molar-refractivity contribution in [3.63, 3.8) is 0 Å². The van der Waals surface area contributed by atoms with Crippen LogP contribution in [-0.4, -0.2) is 23.0 Å². The molecule has 1 aliphatic carbocycles. The van der Waals surface area contributed by atoms with Gasteiger partial charge in [-0.05, 0) is 55.7 Å². The van der Waals surface area contributed by atoms with Crippen LogP contribution in [0.5, 0.6) is 0 Å². The van der Waals surface area contributed by atoms with E-state index in [1.807, 2.05) is 25.1 Å². The molecule has 0 spiro atoms. The molecule has 1 saturated carbocycles. The third-order valence-corrected chi connectivity index (χ3v) is 6.13. The van der Waals surface area contributed by atoms with Crippen LogP contribution in [0.4, 0.5) is 5.13 Å². The third kappa shape index (κ3) is 4.81. The number of ether oxygens (including phenoxy) is 1. The quantitative estimate of drug-likeness (QED) is 0.771. The summed E-state index contributed by atoms with van der Waals surface area (Å²) in [6.07, 6.45) is 3.17. The molecule has 1 aromatic carbocycles. The lowest BCUT2D eigenvalue weighted by atomic mass is 9.80. The SMILES string of the molecule is Cc1ccc2nc(NC(=O)CCC(=O)O[C@H]3CC[C@H](C)[C@H](C)C3)sc2c1. The second-order valence-corrected chi connectivity index (χ2v) is 8.45. The average Bonchev–Trinajstić information content (AvgIpc) is 2.97. The molecule has 1 heterocycles. The number of amides is 1. The minimum absolute atomic E-state index is 0.00395. The first-order chi connectivity index (χ1) is 12.4. The summed E-state index contributed by atoms with van der Waals surface area (Å²) < 4.78 is 6.58. The van der Waals surface area contributed by atoms with Crippen LogP contribution in [0.3, 0.4) is 0 Å². The Kier molecular flexibility index (Phi) is 5.91. The molecule has 0 saturated heterocycles. The second-order valence-electron chi connectivity index (χ2n) is 7.42. The van der Waals surface area contributed by atoms with E-state index in [2.05, 4.69) is 24.1 Å². The number of anilines is 1. The third-order valence-electron chi connectivity index (χ3n) is 5.19. The maximum atomic E-state index is 12.1. The molecular weight excluding hydrogens is 348 g/mol. The molecular formula is C20H26N2O3S. The van der Waals surface area contributed by atoms with Gasteiger partial charge in [-0.2, -0.15) is 0 Å². The standard InChI is InChI=1S/C20H26N2O3S/c1-12-4-7-16-17(10-12)26-20(21-16)22-18(23)8-9-19(24)25-15-6-5-13(2)14(3)11-15/h4,7,10,13-15H,5-6,8-9,11H2,1-3H3,(H,21,22,23)/t13-,14+,15-/m0/s1. The lowest BCUT2D eigenvalue weighted by molar-refractivity contribution is -0.152. The Hall–Kier alpha value is -1.95. The van der Waals surface area contributed by atoms with Crippen molar-refractivity contribution in [1.82, 2.24) is 4.98 Å². The van der Waals surface area contributed by atoms with E-state index in [0.717, 1.165) is 35.0 Å². The van der Waals surface area contributed by atoms with E-state index in [0.29, 0.717) is 17.0 Å². The molecule has 1 N–H and O–H groups in total. The summed E-state index contributed by atoms with van der Waals surface area (Å²) in [5, 5.41) is 3.35. The van der Waals surface area contributed by atoms with E-state index < -0.39 is 0 Å². The molecule has 1 aromatic heterocycles. The second kappa shape index (κ2) is 8.16. The topological polar surface area (TPSA) is 68.3 Å². The van der Waals surface area contributed by atoms with E-state index >= 15 is 0 Å². The maximum absolute atomic E-state index is 12.1. The molecule has 0 bridgehead atoms. The van der Waals surface area contributed by atoms with Crippen molar-refractivity contribution < 1.29 is 14.3 Å². The molecule has 140 valence electrons. The van der Waals surface area contributed by atoms with Crippen LogP contribution in [0, 0.1) is 18.8 Å². The van der Waals surface area contributed by atoms with Gasteiger partial charge in [0.05, 0.1) is 16.6 Å². The predicted octanol–water partition coefficient (Wildman–Crippen LogP) is 4.69. The number of aryl methyl sites for hydroxylation is 1. The number of aromatic nitrogens is 1. The highest BCUT2D eigenvalue weighted by Gasteiger charge is 2.27. The summed E-state index contributed by atoms with van der Waals surface area (Å²) in [6, 6.07) is 5.99. The molecule has 5 nitrogen and oxygen atoms in total. The number of carbonyl (C=O) groups excluding carboxylic acids is 2. The molecule has 1 fully saturated rings. The van der Waals surface area contributed by atoms with Gasteiger partial charge in [-0.25, -0.2) is 4.98 Å². The summed E-state index contributed by atoms with van der Waals surface area (Å²) >= 11 is 1.44. The zero-order chi connectivity index (χ0) is 18.7. The number of benzene rings is 1. The monoisotopic (exact) mass is 374 g/mol. The Labute approximate surface area is 158 Å². The molecule has 3 rings (SSSR count). The Balaban J connectivity index is 1.45. The number of hydrogen-bond acceptors (Lipinski definition) is 5. The molecule has 2 aromatic rings. The van der Waals surface area contributed by atoms with Gasteiger partial charge in [-0.15, -0.1) is 0 Å². The van der Waals surface area contributed by atoms with Crippen molar-refractivity contribution in [1.29, 1.82) is 0 Å². The van der Waals surface area contributed by atoms with Crippen molar-refractivity contribution in [2.24, 2.45) is 11.8 Å². The molecule has 26 heavy (non-hydrogen) atoms. The first-order valence-electron chi connectivity index (χ1n) is 9.27. The van der Waals surface area contributed by atoms with Crippen LogP contribution >= 0.6 is 11.3 Å². The Morgan fingerprint density at radius 1 is 1.23 bits per heavy atom. The fourth-order valence-electron chi connectivity index (χ4n) is 3.33. The molecule has 1 amide bonds. The normalized spacial score (nSPS) is 23.0. The number of thiazole rings is 1. The summed E-state index contributed by atoms with van der Waals surface area (Å²) in [5.74, 6) is 0.774. The summed E-state index contributed by atoms with van der Waals surface area (Å²) in [7, 11) is 0. The van der Waals surface area contributed by atoms with Gasteiger partial charge in [0.15, 0.2) is 5.13 Å². The van der Waals surface area contributed by atoms with Crippen LogP contribution in [0.25, 0.3) is 10.2 Å². The maximum Gasteiger partial charge on any atom is 0.306 e. The number of esters is 1. The van der Waals surface area contributed by atoms with E-state index in [1.165, 1.54) is 11.3 Å². The van der Waals surface area contributed by atoms with Crippen molar-refractivity contribution in [2.75, 3.05) is 5.32 Å². The van der Waals surface area contributed by atoms with Crippen LogP contribution in [0.1, 0.15) is 51.5 Å². The zero-order valence-electron chi connectivity index (χ0n) is 15.6.